The molecule has 2 rings (SSSR count). The molecule has 0 heterocycles. The summed E-state index contributed by atoms with van der Waals surface area (Å²) in [6.07, 6.45) is 5.42. The zero-order valence-corrected chi connectivity index (χ0v) is 11.7. The van der Waals surface area contributed by atoms with Crippen LogP contribution in [0.25, 0.3) is 0 Å². The Balaban J connectivity index is 2.13. The van der Waals surface area contributed by atoms with Crippen LogP contribution in [0.5, 0.6) is 0 Å². The third-order valence-corrected chi connectivity index (χ3v) is 4.11. The number of nitrogens with zero attached hydrogens (tertiary/aromatic N) is 1. The van der Waals surface area contributed by atoms with Crippen LogP contribution in [-0.4, -0.2) is 6.04 Å². The molecule has 1 aliphatic rings. The third kappa shape index (κ3) is 3.23. The van der Waals surface area contributed by atoms with Gasteiger partial charge >= 0.3 is 0 Å². The average molecular weight is 311 g/mol. The summed E-state index contributed by atoms with van der Waals surface area (Å²) in [4.78, 5) is 0. The first-order chi connectivity index (χ1) is 8.70. The molecule has 18 heavy (non-hydrogen) atoms. The van der Waals surface area contributed by atoms with Crippen LogP contribution in [-0.2, 0) is 0 Å². The highest BCUT2D eigenvalue weighted by Crippen LogP contribution is 2.29. The van der Waals surface area contributed by atoms with Crippen LogP contribution in [0.4, 0.5) is 10.1 Å². The minimum Gasteiger partial charge on any atom is -0.380 e. The van der Waals surface area contributed by atoms with E-state index in [0.29, 0.717) is 4.47 Å². The van der Waals surface area contributed by atoms with Gasteiger partial charge in [0.25, 0.3) is 0 Å². The van der Waals surface area contributed by atoms with E-state index in [0.717, 1.165) is 31.4 Å². The van der Waals surface area contributed by atoms with E-state index >= 15 is 0 Å². The highest BCUT2D eigenvalue weighted by molar-refractivity contribution is 9.10. The minimum atomic E-state index is -0.259. The number of halogens is 2. The largest absolute Gasteiger partial charge is 0.380 e. The summed E-state index contributed by atoms with van der Waals surface area (Å²) in [5.74, 6) is -0.213. The Morgan fingerprint density at radius 2 is 2.06 bits per heavy atom. The lowest BCUT2D eigenvalue weighted by atomic mass is 9.96. The second-order valence-electron chi connectivity index (χ2n) is 4.75. The maximum Gasteiger partial charge on any atom is 0.124 e. The Morgan fingerprint density at radius 3 is 2.78 bits per heavy atom. The lowest BCUT2D eigenvalue weighted by Gasteiger charge is -2.22. The van der Waals surface area contributed by atoms with Gasteiger partial charge in [0.2, 0.25) is 0 Å². The predicted molar refractivity (Wildman–Crippen MR) is 73.7 cm³/mol. The highest BCUT2D eigenvalue weighted by Gasteiger charge is 2.23. The zero-order valence-electron chi connectivity index (χ0n) is 10.1. The smallest absolute Gasteiger partial charge is 0.124 e. The molecule has 0 radical (unpaired) electrons. The van der Waals surface area contributed by atoms with Gasteiger partial charge in [0.05, 0.1) is 12.0 Å². The van der Waals surface area contributed by atoms with E-state index in [-0.39, 0.29) is 17.8 Å². The normalized spacial score (nSPS) is 24.1. The molecule has 0 aliphatic heterocycles. The average Bonchev–Trinajstić information content (AvgIpc) is 2.57. The summed E-state index contributed by atoms with van der Waals surface area (Å²) in [6, 6.07) is 7.16. The molecule has 1 fully saturated rings. The molecule has 0 aromatic heterocycles. The van der Waals surface area contributed by atoms with Gasteiger partial charge in [0.1, 0.15) is 5.82 Å². The van der Waals surface area contributed by atoms with E-state index in [1.807, 2.05) is 0 Å². The lowest BCUT2D eigenvalue weighted by Crippen LogP contribution is -2.27. The molecule has 1 aromatic carbocycles. The summed E-state index contributed by atoms with van der Waals surface area (Å²) in [5, 5.41) is 12.6. The molecule has 2 nitrogen and oxygen atoms in total. The van der Waals surface area contributed by atoms with Crippen LogP contribution in [0.1, 0.15) is 32.1 Å². The van der Waals surface area contributed by atoms with Gasteiger partial charge in [0, 0.05) is 16.2 Å². The summed E-state index contributed by atoms with van der Waals surface area (Å²) < 4.78 is 13.7. The highest BCUT2D eigenvalue weighted by atomic mass is 79.9. The monoisotopic (exact) mass is 310 g/mol. The molecule has 2 unspecified atom stereocenters. The van der Waals surface area contributed by atoms with E-state index in [1.165, 1.54) is 18.6 Å². The van der Waals surface area contributed by atoms with Crippen LogP contribution in [0.15, 0.2) is 22.7 Å². The van der Waals surface area contributed by atoms with Gasteiger partial charge in [-0.15, -0.1) is 0 Å². The van der Waals surface area contributed by atoms with Crippen molar-refractivity contribution in [1.29, 1.82) is 5.26 Å². The van der Waals surface area contributed by atoms with Crippen LogP contribution in [0.2, 0.25) is 0 Å². The van der Waals surface area contributed by atoms with Gasteiger partial charge in [-0.1, -0.05) is 19.3 Å². The number of hydrogen-bond acceptors (Lipinski definition) is 2. The molecule has 1 aromatic rings. The molecule has 1 N–H and O–H groups in total. The fourth-order valence-electron chi connectivity index (χ4n) is 2.44. The Kier molecular flexibility index (Phi) is 4.60. The Labute approximate surface area is 115 Å². The molecule has 4 heteroatoms. The van der Waals surface area contributed by atoms with Gasteiger partial charge in [0.15, 0.2) is 0 Å². The molecule has 1 aliphatic carbocycles. The fraction of sp³-hybridized carbons (Fsp3) is 0.500. The lowest BCUT2D eigenvalue weighted by molar-refractivity contribution is 0.514. The molecule has 2 atom stereocenters. The number of anilines is 1. The van der Waals surface area contributed by atoms with Crippen molar-refractivity contribution < 1.29 is 4.39 Å². The van der Waals surface area contributed by atoms with E-state index in [2.05, 4.69) is 27.3 Å². The van der Waals surface area contributed by atoms with Crippen molar-refractivity contribution in [3.05, 3.63) is 28.5 Å². The van der Waals surface area contributed by atoms with Crippen molar-refractivity contribution in [1.82, 2.24) is 0 Å². The Bertz CT molecular complexity index is 456. The van der Waals surface area contributed by atoms with Crippen LogP contribution in [0, 0.1) is 23.1 Å². The van der Waals surface area contributed by atoms with Crippen LogP contribution in [0.3, 0.4) is 0 Å². The molecular weight excluding hydrogens is 295 g/mol. The Morgan fingerprint density at radius 1 is 1.28 bits per heavy atom. The SMILES string of the molecule is N#CC1CCCCCC1Nc1ccc(F)cc1Br. The first-order valence-electron chi connectivity index (χ1n) is 6.32. The van der Waals surface area contributed by atoms with E-state index in [1.54, 1.807) is 6.07 Å². The molecule has 0 spiro atoms. The van der Waals surface area contributed by atoms with Crippen molar-refractivity contribution in [2.24, 2.45) is 5.92 Å². The second kappa shape index (κ2) is 6.19. The van der Waals surface area contributed by atoms with Gasteiger partial charge < -0.3 is 5.32 Å². The number of nitriles is 1. The van der Waals surface area contributed by atoms with Gasteiger partial charge in [-0.3, -0.25) is 0 Å². The van der Waals surface area contributed by atoms with Crippen molar-refractivity contribution >= 4 is 21.6 Å². The zero-order chi connectivity index (χ0) is 13.0. The second-order valence-corrected chi connectivity index (χ2v) is 5.60. The third-order valence-electron chi connectivity index (χ3n) is 3.45. The van der Waals surface area contributed by atoms with E-state index in [4.69, 9.17) is 0 Å². The number of rotatable bonds is 2. The predicted octanol–water partition coefficient (Wildman–Crippen LogP) is 4.47. The molecule has 0 saturated heterocycles. The van der Waals surface area contributed by atoms with Crippen LogP contribution >= 0.6 is 15.9 Å². The molecule has 1 saturated carbocycles. The van der Waals surface area contributed by atoms with Crippen molar-refractivity contribution in [3.63, 3.8) is 0 Å². The maximum absolute atomic E-state index is 13.0. The number of benzene rings is 1. The molecular formula is C14H16BrFN2. The van der Waals surface area contributed by atoms with E-state index < -0.39 is 0 Å². The van der Waals surface area contributed by atoms with Gasteiger partial charge in [-0.2, -0.15) is 5.26 Å². The first kappa shape index (κ1) is 13.4. The summed E-state index contributed by atoms with van der Waals surface area (Å²) >= 11 is 3.35. The summed E-state index contributed by atoms with van der Waals surface area (Å²) in [7, 11) is 0. The maximum atomic E-state index is 13.0. The topological polar surface area (TPSA) is 35.8 Å². The van der Waals surface area contributed by atoms with E-state index in [9.17, 15) is 9.65 Å². The van der Waals surface area contributed by atoms with Gasteiger partial charge in [-0.25, -0.2) is 4.39 Å². The quantitative estimate of drug-likeness (QED) is 0.818. The summed E-state index contributed by atoms with van der Waals surface area (Å²) in [5.41, 5.74) is 0.864. The summed E-state index contributed by atoms with van der Waals surface area (Å²) in [6.45, 7) is 0. The van der Waals surface area contributed by atoms with Crippen molar-refractivity contribution in [3.8, 4) is 6.07 Å². The standard InChI is InChI=1S/C14H16BrFN2/c15-12-8-11(16)6-7-14(12)18-13-5-3-1-2-4-10(13)9-17/h6-8,10,13,18H,1-5H2. The molecule has 0 amide bonds. The van der Waals surface area contributed by atoms with Gasteiger partial charge in [-0.05, 0) is 47.0 Å². The Hall–Kier alpha value is -1.08. The minimum absolute atomic E-state index is 0.0458. The van der Waals surface area contributed by atoms with Crippen LogP contribution < -0.4 is 5.32 Å². The molecule has 96 valence electrons. The molecule has 0 bridgehead atoms. The van der Waals surface area contributed by atoms with Crippen molar-refractivity contribution in [2.45, 2.75) is 38.1 Å². The van der Waals surface area contributed by atoms with Crippen molar-refractivity contribution in [2.75, 3.05) is 5.32 Å². The first-order valence-corrected chi connectivity index (χ1v) is 7.11. The fourth-order valence-corrected chi connectivity index (χ4v) is 2.91. The number of nitrogens with one attached hydrogen (secondary N) is 1. The number of hydrogen-bond donors (Lipinski definition) is 1.